The lowest BCUT2D eigenvalue weighted by molar-refractivity contribution is 0.970. The van der Waals surface area contributed by atoms with Crippen molar-refractivity contribution >= 4 is 22.6 Å². The van der Waals surface area contributed by atoms with E-state index in [1.165, 1.54) is 16.5 Å². The molecule has 0 unspecified atom stereocenters. The quantitative estimate of drug-likeness (QED) is 0.389. The molecule has 0 amide bonds. The molecule has 0 N–H and O–H groups in total. The van der Waals surface area contributed by atoms with Gasteiger partial charge in [-0.2, -0.15) is 0 Å². The Labute approximate surface area is 179 Å². The average Bonchev–Trinajstić information content (AvgIpc) is 3.12. The second-order valence-corrected chi connectivity index (χ2v) is 7.44. The normalized spacial score (nSPS) is 16.1. The standard InChI is InChI=1S/C29H27N/c1-4-6-15-24(21-23-16-11-10-14-22(23)3)29-26(5-2)27-19-12-13-20-28(27)30(29)25-17-8-7-9-18-25/h4-10,12-15,17-21H,2-3,11,16H2,1H3/b6-4-,23-21-,24-15-. The number of rotatable bonds is 5. The molecule has 2 aromatic carbocycles. The largest absolute Gasteiger partial charge is 0.309 e. The van der Waals surface area contributed by atoms with E-state index in [1.54, 1.807) is 0 Å². The van der Waals surface area contributed by atoms with Crippen LogP contribution in [0.3, 0.4) is 0 Å². The molecule has 0 atom stereocenters. The number of hydrogen-bond acceptors (Lipinski definition) is 0. The van der Waals surface area contributed by atoms with E-state index in [4.69, 9.17) is 0 Å². The number of hydrogen-bond donors (Lipinski definition) is 0. The van der Waals surface area contributed by atoms with E-state index in [2.05, 4.69) is 109 Å². The molecule has 1 heterocycles. The molecule has 1 aliphatic carbocycles. The second kappa shape index (κ2) is 8.84. The summed E-state index contributed by atoms with van der Waals surface area (Å²) in [6, 6.07) is 19.1. The fourth-order valence-corrected chi connectivity index (χ4v) is 4.08. The lowest BCUT2D eigenvalue weighted by Gasteiger charge is -2.16. The topological polar surface area (TPSA) is 4.93 Å². The summed E-state index contributed by atoms with van der Waals surface area (Å²) in [5.41, 5.74) is 8.17. The highest BCUT2D eigenvalue weighted by atomic mass is 15.0. The molecule has 0 spiro atoms. The van der Waals surface area contributed by atoms with Gasteiger partial charge in [-0.3, -0.25) is 0 Å². The Kier molecular flexibility index (Phi) is 5.81. The summed E-state index contributed by atoms with van der Waals surface area (Å²) in [5, 5.41) is 1.21. The molecule has 4 rings (SSSR count). The molecule has 0 bridgehead atoms. The van der Waals surface area contributed by atoms with Crippen LogP contribution < -0.4 is 0 Å². The van der Waals surface area contributed by atoms with Crippen LogP contribution in [0.4, 0.5) is 0 Å². The van der Waals surface area contributed by atoms with Gasteiger partial charge >= 0.3 is 0 Å². The van der Waals surface area contributed by atoms with Gasteiger partial charge in [-0.25, -0.2) is 0 Å². The molecular formula is C29H27N. The minimum atomic E-state index is 1.01. The van der Waals surface area contributed by atoms with Crippen molar-refractivity contribution in [3.8, 4) is 5.69 Å². The van der Waals surface area contributed by atoms with Crippen molar-refractivity contribution in [3.63, 3.8) is 0 Å². The van der Waals surface area contributed by atoms with Crippen molar-refractivity contribution in [2.24, 2.45) is 0 Å². The monoisotopic (exact) mass is 389 g/mol. The molecule has 0 saturated heterocycles. The van der Waals surface area contributed by atoms with Crippen molar-refractivity contribution in [2.75, 3.05) is 0 Å². The Hall–Kier alpha value is -3.58. The zero-order chi connectivity index (χ0) is 20.9. The zero-order valence-electron chi connectivity index (χ0n) is 17.5. The van der Waals surface area contributed by atoms with E-state index in [-0.39, 0.29) is 0 Å². The van der Waals surface area contributed by atoms with Crippen LogP contribution in [0.15, 0.2) is 115 Å². The van der Waals surface area contributed by atoms with Gasteiger partial charge in [-0.1, -0.05) is 86.0 Å². The Morgan fingerprint density at radius 2 is 1.80 bits per heavy atom. The van der Waals surface area contributed by atoms with Crippen LogP contribution in [0.1, 0.15) is 31.0 Å². The molecule has 3 aromatic rings. The van der Waals surface area contributed by atoms with Gasteiger partial charge in [-0.15, -0.1) is 0 Å². The maximum atomic E-state index is 4.26. The third kappa shape index (κ3) is 3.67. The van der Waals surface area contributed by atoms with Gasteiger partial charge in [0.2, 0.25) is 0 Å². The highest BCUT2D eigenvalue weighted by Gasteiger charge is 2.19. The summed E-state index contributed by atoms with van der Waals surface area (Å²) >= 11 is 0. The first-order chi connectivity index (χ1) is 14.7. The molecule has 148 valence electrons. The van der Waals surface area contributed by atoms with Gasteiger partial charge in [0.05, 0.1) is 11.2 Å². The number of benzene rings is 2. The van der Waals surface area contributed by atoms with Gasteiger partial charge in [0, 0.05) is 16.6 Å². The first kappa shape index (κ1) is 19.7. The predicted octanol–water partition coefficient (Wildman–Crippen LogP) is 8.07. The maximum absolute atomic E-state index is 4.26. The van der Waals surface area contributed by atoms with Crippen molar-refractivity contribution < 1.29 is 0 Å². The van der Waals surface area contributed by atoms with E-state index in [1.807, 2.05) is 13.0 Å². The third-order valence-corrected chi connectivity index (χ3v) is 5.52. The molecule has 1 aromatic heterocycles. The minimum Gasteiger partial charge on any atom is -0.309 e. The Morgan fingerprint density at radius 1 is 1.03 bits per heavy atom. The van der Waals surface area contributed by atoms with Crippen molar-refractivity contribution in [3.05, 3.63) is 127 Å². The number of para-hydroxylation sites is 2. The van der Waals surface area contributed by atoms with Gasteiger partial charge in [0.1, 0.15) is 0 Å². The number of nitrogens with zero attached hydrogens (tertiary/aromatic N) is 1. The van der Waals surface area contributed by atoms with Gasteiger partial charge in [-0.05, 0) is 60.8 Å². The number of allylic oxidation sites excluding steroid dienone is 9. The fourth-order valence-electron chi connectivity index (χ4n) is 4.08. The van der Waals surface area contributed by atoms with E-state index in [0.717, 1.165) is 40.9 Å². The summed E-state index contributed by atoms with van der Waals surface area (Å²) < 4.78 is 2.35. The summed E-state index contributed by atoms with van der Waals surface area (Å²) in [6.45, 7) is 10.5. The first-order valence-electron chi connectivity index (χ1n) is 10.5. The summed E-state index contributed by atoms with van der Waals surface area (Å²) in [4.78, 5) is 0. The Balaban J connectivity index is 2.06. The van der Waals surface area contributed by atoms with Crippen LogP contribution in [0.5, 0.6) is 0 Å². The molecule has 0 fully saturated rings. The van der Waals surface area contributed by atoms with Gasteiger partial charge < -0.3 is 4.57 Å². The average molecular weight is 390 g/mol. The van der Waals surface area contributed by atoms with Crippen molar-refractivity contribution in [2.45, 2.75) is 19.8 Å². The summed E-state index contributed by atoms with van der Waals surface area (Å²) in [6.07, 6.45) is 17.0. The van der Waals surface area contributed by atoms with Gasteiger partial charge in [0.15, 0.2) is 0 Å². The van der Waals surface area contributed by atoms with Gasteiger partial charge in [0.25, 0.3) is 0 Å². The Morgan fingerprint density at radius 3 is 2.53 bits per heavy atom. The van der Waals surface area contributed by atoms with Crippen LogP contribution in [-0.2, 0) is 0 Å². The van der Waals surface area contributed by atoms with Crippen molar-refractivity contribution in [1.29, 1.82) is 0 Å². The molecule has 1 aliphatic rings. The lowest BCUT2D eigenvalue weighted by atomic mass is 9.93. The van der Waals surface area contributed by atoms with E-state index in [9.17, 15) is 0 Å². The molecular weight excluding hydrogens is 362 g/mol. The van der Waals surface area contributed by atoms with E-state index in [0.29, 0.717) is 0 Å². The third-order valence-electron chi connectivity index (χ3n) is 5.52. The number of fused-ring (bicyclic) bond motifs is 1. The molecule has 0 aliphatic heterocycles. The molecule has 0 saturated carbocycles. The summed E-state index contributed by atoms with van der Waals surface area (Å²) in [7, 11) is 0. The predicted molar refractivity (Wildman–Crippen MR) is 132 cm³/mol. The fraction of sp³-hybridized carbons (Fsp3) is 0.103. The van der Waals surface area contributed by atoms with E-state index < -0.39 is 0 Å². The lowest BCUT2D eigenvalue weighted by Crippen LogP contribution is -2.01. The molecule has 1 nitrogen and oxygen atoms in total. The zero-order valence-corrected chi connectivity index (χ0v) is 17.5. The first-order valence-corrected chi connectivity index (χ1v) is 10.5. The van der Waals surface area contributed by atoms with Crippen LogP contribution in [0.2, 0.25) is 0 Å². The second-order valence-electron chi connectivity index (χ2n) is 7.44. The van der Waals surface area contributed by atoms with E-state index >= 15 is 0 Å². The minimum absolute atomic E-state index is 1.01. The van der Waals surface area contributed by atoms with Crippen LogP contribution in [0.25, 0.3) is 28.2 Å². The van der Waals surface area contributed by atoms with Crippen molar-refractivity contribution in [1.82, 2.24) is 4.57 Å². The number of aromatic nitrogens is 1. The van der Waals surface area contributed by atoms with Crippen LogP contribution >= 0.6 is 0 Å². The molecule has 1 heteroatoms. The van der Waals surface area contributed by atoms with Crippen LogP contribution in [-0.4, -0.2) is 4.57 Å². The highest BCUT2D eigenvalue weighted by molar-refractivity contribution is 5.98. The SMILES string of the molecule is C=Cc1c(C(/C=C2/CCC=CC2=C)=C\C=C/C)n(-c2ccccc2)c2ccccc12. The summed E-state index contributed by atoms with van der Waals surface area (Å²) in [5.74, 6) is 0. The van der Waals surface area contributed by atoms with Crippen LogP contribution in [0, 0.1) is 0 Å². The highest BCUT2D eigenvalue weighted by Crippen LogP contribution is 2.37. The smallest absolute Gasteiger partial charge is 0.0613 e. The Bertz CT molecular complexity index is 1210. The maximum Gasteiger partial charge on any atom is 0.0613 e. The molecule has 30 heavy (non-hydrogen) atoms. The molecule has 0 radical (unpaired) electrons.